The van der Waals surface area contributed by atoms with Crippen molar-refractivity contribution < 1.29 is 9.53 Å². The van der Waals surface area contributed by atoms with E-state index in [2.05, 4.69) is 4.74 Å². The minimum atomic E-state index is -0.545. The van der Waals surface area contributed by atoms with Crippen LogP contribution in [0.3, 0.4) is 0 Å². The lowest BCUT2D eigenvalue weighted by molar-refractivity contribution is -0.141. The minimum absolute atomic E-state index is 0.160. The third-order valence-electron chi connectivity index (χ3n) is 1.18. The molecule has 66 valence electrons. The summed E-state index contributed by atoms with van der Waals surface area (Å²) in [6.45, 7) is 5.05. The first-order valence-corrected chi connectivity index (χ1v) is 4.12. The van der Waals surface area contributed by atoms with Crippen molar-refractivity contribution in [2.75, 3.05) is 6.61 Å². The van der Waals surface area contributed by atoms with Crippen LogP contribution in [0.5, 0.6) is 0 Å². The molecule has 0 aromatic heterocycles. The zero-order chi connectivity index (χ0) is 9.07. The third kappa shape index (κ3) is 5.33. The molecule has 0 amide bonds. The molecular formula is C7H12Cl2O2. The van der Waals surface area contributed by atoms with Crippen LogP contribution in [0.15, 0.2) is 0 Å². The van der Waals surface area contributed by atoms with E-state index >= 15 is 0 Å². The smallest absolute Gasteiger partial charge is 0.302 e. The van der Waals surface area contributed by atoms with Gasteiger partial charge in [0.1, 0.15) is 6.61 Å². The van der Waals surface area contributed by atoms with E-state index in [-0.39, 0.29) is 18.0 Å². The fourth-order valence-corrected chi connectivity index (χ4v) is 0.515. The van der Waals surface area contributed by atoms with Crippen molar-refractivity contribution in [2.24, 2.45) is 0 Å². The average molecular weight is 199 g/mol. The first-order chi connectivity index (χ1) is 4.84. The summed E-state index contributed by atoms with van der Waals surface area (Å²) in [7, 11) is 0. The highest BCUT2D eigenvalue weighted by Crippen LogP contribution is 2.23. The maximum absolute atomic E-state index is 10.4. The number of ether oxygens (including phenoxy) is 1. The fraction of sp³-hybridized carbons (Fsp3) is 0.857. The molecule has 0 fully saturated rings. The fourth-order valence-electron chi connectivity index (χ4n) is 0.389. The van der Waals surface area contributed by atoms with Crippen molar-refractivity contribution in [1.82, 2.24) is 0 Å². The molecule has 0 aliphatic rings. The van der Waals surface area contributed by atoms with Crippen molar-refractivity contribution in [1.29, 1.82) is 0 Å². The lowest BCUT2D eigenvalue weighted by atomic mass is 10.1. The summed E-state index contributed by atoms with van der Waals surface area (Å²) in [6, 6.07) is 0. The summed E-state index contributed by atoms with van der Waals surface area (Å²) in [5, 5.41) is -0.354. The van der Waals surface area contributed by atoms with E-state index in [1.807, 2.05) is 0 Å². The van der Waals surface area contributed by atoms with Gasteiger partial charge in [-0.1, -0.05) is 0 Å². The van der Waals surface area contributed by atoms with E-state index in [4.69, 9.17) is 23.2 Å². The molecule has 0 rings (SSSR count). The number of esters is 1. The zero-order valence-corrected chi connectivity index (χ0v) is 8.37. The van der Waals surface area contributed by atoms with Gasteiger partial charge in [-0.2, -0.15) is 0 Å². The summed E-state index contributed by atoms with van der Waals surface area (Å²) in [4.78, 5) is 9.81. The van der Waals surface area contributed by atoms with Gasteiger partial charge in [-0.05, 0) is 13.8 Å². The predicted octanol–water partition coefficient (Wildman–Crippen LogP) is 2.17. The Morgan fingerprint density at radius 1 is 1.64 bits per heavy atom. The van der Waals surface area contributed by atoms with Gasteiger partial charge in [-0.25, -0.2) is 0 Å². The lowest BCUT2D eigenvalue weighted by Gasteiger charge is -2.21. The second kappa shape index (κ2) is 4.17. The van der Waals surface area contributed by atoms with Crippen LogP contribution < -0.4 is 0 Å². The summed E-state index contributed by atoms with van der Waals surface area (Å²) >= 11 is 11.6. The SMILES string of the molecule is CC(=O)OCC(Cl)C(C)(C)Cl. The molecule has 0 saturated heterocycles. The van der Waals surface area contributed by atoms with Crippen molar-refractivity contribution in [3.63, 3.8) is 0 Å². The van der Waals surface area contributed by atoms with Gasteiger partial charge in [-0.15, -0.1) is 23.2 Å². The Kier molecular flexibility index (Phi) is 4.19. The van der Waals surface area contributed by atoms with Crippen LogP contribution in [0.25, 0.3) is 0 Å². The molecule has 1 atom stereocenters. The maximum atomic E-state index is 10.4. The van der Waals surface area contributed by atoms with Gasteiger partial charge in [0.25, 0.3) is 0 Å². The highest BCUT2D eigenvalue weighted by molar-refractivity contribution is 6.32. The monoisotopic (exact) mass is 198 g/mol. The number of carbonyl (C=O) groups excluding carboxylic acids is 1. The molecule has 4 heteroatoms. The summed E-state index contributed by atoms with van der Waals surface area (Å²) in [6.07, 6.45) is 0. The molecule has 0 aliphatic carbocycles. The molecule has 0 saturated carbocycles. The molecule has 0 aromatic rings. The second-order valence-corrected chi connectivity index (χ2v) is 4.34. The quantitative estimate of drug-likeness (QED) is 0.514. The molecule has 0 heterocycles. The number of alkyl halides is 2. The van der Waals surface area contributed by atoms with E-state index in [1.165, 1.54) is 6.92 Å². The van der Waals surface area contributed by atoms with E-state index in [0.717, 1.165) is 0 Å². The van der Waals surface area contributed by atoms with Crippen LogP contribution in [0.4, 0.5) is 0 Å². The number of rotatable bonds is 3. The lowest BCUT2D eigenvalue weighted by Crippen LogP contribution is -2.30. The molecule has 0 bridgehead atoms. The van der Waals surface area contributed by atoms with E-state index in [1.54, 1.807) is 13.8 Å². The van der Waals surface area contributed by atoms with Crippen molar-refractivity contribution >= 4 is 29.2 Å². The van der Waals surface area contributed by atoms with Crippen LogP contribution in [0.1, 0.15) is 20.8 Å². The Morgan fingerprint density at radius 3 is 2.36 bits per heavy atom. The first-order valence-electron chi connectivity index (χ1n) is 3.30. The van der Waals surface area contributed by atoms with E-state index in [9.17, 15) is 4.79 Å². The Bertz CT molecular complexity index is 140. The van der Waals surface area contributed by atoms with Gasteiger partial charge in [0.15, 0.2) is 0 Å². The van der Waals surface area contributed by atoms with Crippen molar-refractivity contribution in [2.45, 2.75) is 31.0 Å². The van der Waals surface area contributed by atoms with Gasteiger partial charge < -0.3 is 4.74 Å². The van der Waals surface area contributed by atoms with Crippen molar-refractivity contribution in [3.05, 3.63) is 0 Å². The molecule has 2 nitrogen and oxygen atoms in total. The largest absolute Gasteiger partial charge is 0.464 e. The highest BCUT2D eigenvalue weighted by atomic mass is 35.5. The highest BCUT2D eigenvalue weighted by Gasteiger charge is 2.25. The van der Waals surface area contributed by atoms with Gasteiger partial charge in [0, 0.05) is 6.92 Å². The molecule has 0 N–H and O–H groups in total. The van der Waals surface area contributed by atoms with Crippen LogP contribution in [0.2, 0.25) is 0 Å². The zero-order valence-electron chi connectivity index (χ0n) is 6.86. The van der Waals surface area contributed by atoms with Gasteiger partial charge in [0.05, 0.1) is 10.3 Å². The van der Waals surface area contributed by atoms with Crippen molar-refractivity contribution in [3.8, 4) is 0 Å². The standard InChI is InChI=1S/C7H12Cl2O2/c1-5(10)11-4-6(8)7(2,3)9/h6H,4H2,1-3H3. The Balaban J connectivity index is 3.70. The minimum Gasteiger partial charge on any atom is -0.464 e. The summed E-state index contributed by atoms with van der Waals surface area (Å²) in [5.41, 5.74) is 0. The number of halogens is 2. The number of hydrogen-bond acceptors (Lipinski definition) is 2. The third-order valence-corrected chi connectivity index (χ3v) is 2.22. The Hall–Kier alpha value is 0.0500. The van der Waals surface area contributed by atoms with Crippen LogP contribution in [-0.2, 0) is 9.53 Å². The molecule has 11 heavy (non-hydrogen) atoms. The molecule has 0 radical (unpaired) electrons. The first kappa shape index (κ1) is 11.1. The molecular weight excluding hydrogens is 187 g/mol. The van der Waals surface area contributed by atoms with E-state index in [0.29, 0.717) is 0 Å². The van der Waals surface area contributed by atoms with Gasteiger partial charge >= 0.3 is 5.97 Å². The van der Waals surface area contributed by atoms with Crippen LogP contribution in [0, 0.1) is 0 Å². The topological polar surface area (TPSA) is 26.3 Å². The summed E-state index contributed by atoms with van der Waals surface area (Å²) < 4.78 is 4.67. The normalized spacial score (nSPS) is 14.3. The van der Waals surface area contributed by atoms with Gasteiger partial charge in [0.2, 0.25) is 0 Å². The summed E-state index contributed by atoms with van der Waals surface area (Å²) in [5.74, 6) is -0.337. The maximum Gasteiger partial charge on any atom is 0.302 e. The predicted molar refractivity (Wildman–Crippen MR) is 46.2 cm³/mol. The number of hydrogen-bond donors (Lipinski definition) is 0. The molecule has 0 aliphatic heterocycles. The van der Waals surface area contributed by atoms with Gasteiger partial charge in [-0.3, -0.25) is 4.79 Å². The van der Waals surface area contributed by atoms with Crippen LogP contribution >= 0.6 is 23.2 Å². The second-order valence-electron chi connectivity index (χ2n) is 2.83. The Labute approximate surface area is 76.8 Å². The number of carbonyl (C=O) groups is 1. The molecule has 0 aromatic carbocycles. The van der Waals surface area contributed by atoms with E-state index < -0.39 is 4.87 Å². The average Bonchev–Trinajstić information content (AvgIpc) is 1.80. The Morgan fingerprint density at radius 2 is 2.09 bits per heavy atom. The molecule has 0 spiro atoms. The molecule has 1 unspecified atom stereocenters. The van der Waals surface area contributed by atoms with Crippen LogP contribution in [-0.4, -0.2) is 22.8 Å².